The number of nitrogens with zero attached hydrogens (tertiary/aromatic N) is 3. The van der Waals surface area contributed by atoms with E-state index in [1.54, 1.807) is 6.20 Å². The van der Waals surface area contributed by atoms with E-state index in [1.165, 1.54) is 18.4 Å². The number of hydrogen-bond donors (Lipinski definition) is 0. The maximum Gasteiger partial charge on any atom is 0.151 e. The smallest absolute Gasteiger partial charge is 0.151 e. The van der Waals surface area contributed by atoms with Gasteiger partial charge in [0.2, 0.25) is 0 Å². The van der Waals surface area contributed by atoms with Gasteiger partial charge in [-0.2, -0.15) is 5.10 Å². The average Bonchev–Trinajstić information content (AvgIpc) is 2.29. The first-order valence-electron chi connectivity index (χ1n) is 5.40. The van der Waals surface area contributed by atoms with Gasteiger partial charge in [0.15, 0.2) is 5.82 Å². The molecule has 15 heavy (non-hydrogen) atoms. The summed E-state index contributed by atoms with van der Waals surface area (Å²) in [5, 5.41) is 9.30. The standard InChI is InChI=1S/C11H16BrN3/c1-9-6-11(14-13-8-9)15-4-2-10(7-12)3-5-15/h6,8,10H,2-5,7H2,1H3. The van der Waals surface area contributed by atoms with E-state index in [9.17, 15) is 0 Å². The van der Waals surface area contributed by atoms with Crippen molar-refractivity contribution >= 4 is 21.7 Å². The third-order valence-electron chi connectivity index (χ3n) is 2.94. The monoisotopic (exact) mass is 269 g/mol. The summed E-state index contributed by atoms with van der Waals surface area (Å²) in [7, 11) is 0. The van der Waals surface area contributed by atoms with E-state index in [1.807, 2.05) is 0 Å². The molecule has 0 saturated carbocycles. The zero-order chi connectivity index (χ0) is 10.7. The van der Waals surface area contributed by atoms with Crippen molar-refractivity contribution in [1.29, 1.82) is 0 Å². The number of aromatic nitrogens is 2. The normalized spacial score (nSPS) is 18.1. The highest BCUT2D eigenvalue weighted by atomic mass is 79.9. The second-order valence-electron chi connectivity index (χ2n) is 4.18. The van der Waals surface area contributed by atoms with Crippen LogP contribution in [0.4, 0.5) is 5.82 Å². The molecule has 1 aliphatic rings. The Kier molecular flexibility index (Phi) is 3.57. The quantitative estimate of drug-likeness (QED) is 0.773. The first-order chi connectivity index (χ1) is 7.29. The fraction of sp³-hybridized carbons (Fsp3) is 0.636. The number of piperidine rings is 1. The maximum atomic E-state index is 4.18. The molecule has 1 saturated heterocycles. The Morgan fingerprint density at radius 3 is 2.80 bits per heavy atom. The number of hydrogen-bond acceptors (Lipinski definition) is 3. The van der Waals surface area contributed by atoms with Crippen LogP contribution in [0.1, 0.15) is 18.4 Å². The molecule has 1 aliphatic heterocycles. The number of alkyl halides is 1. The van der Waals surface area contributed by atoms with Crippen molar-refractivity contribution in [1.82, 2.24) is 10.2 Å². The third kappa shape index (κ3) is 2.68. The Bertz CT molecular complexity index is 321. The van der Waals surface area contributed by atoms with Gasteiger partial charge in [0.25, 0.3) is 0 Å². The summed E-state index contributed by atoms with van der Waals surface area (Å²) >= 11 is 3.55. The summed E-state index contributed by atoms with van der Waals surface area (Å²) in [6.07, 6.45) is 4.30. The van der Waals surface area contributed by atoms with Crippen molar-refractivity contribution in [2.45, 2.75) is 19.8 Å². The molecule has 0 unspecified atom stereocenters. The maximum absolute atomic E-state index is 4.18. The van der Waals surface area contributed by atoms with Gasteiger partial charge >= 0.3 is 0 Å². The molecule has 0 spiro atoms. The van der Waals surface area contributed by atoms with Crippen molar-refractivity contribution in [3.05, 3.63) is 17.8 Å². The Morgan fingerprint density at radius 1 is 1.47 bits per heavy atom. The highest BCUT2D eigenvalue weighted by molar-refractivity contribution is 9.09. The molecule has 0 bridgehead atoms. The minimum absolute atomic E-state index is 0.832. The topological polar surface area (TPSA) is 29.0 Å². The first-order valence-corrected chi connectivity index (χ1v) is 6.52. The lowest BCUT2D eigenvalue weighted by Crippen LogP contribution is -2.34. The van der Waals surface area contributed by atoms with Crippen molar-refractivity contribution in [3.63, 3.8) is 0 Å². The highest BCUT2D eigenvalue weighted by Crippen LogP contribution is 2.22. The van der Waals surface area contributed by atoms with E-state index in [0.29, 0.717) is 0 Å². The van der Waals surface area contributed by atoms with Gasteiger partial charge in [-0.1, -0.05) is 15.9 Å². The molecule has 0 amide bonds. The first kappa shape index (κ1) is 10.9. The number of anilines is 1. The lowest BCUT2D eigenvalue weighted by molar-refractivity contribution is 0.444. The summed E-state index contributed by atoms with van der Waals surface area (Å²) in [4.78, 5) is 2.33. The summed E-state index contributed by atoms with van der Waals surface area (Å²) in [6, 6.07) is 2.11. The number of halogens is 1. The van der Waals surface area contributed by atoms with Gasteiger partial charge in [-0.05, 0) is 37.3 Å². The van der Waals surface area contributed by atoms with E-state index in [2.05, 4.69) is 44.0 Å². The van der Waals surface area contributed by atoms with Gasteiger partial charge in [-0.25, -0.2) is 0 Å². The van der Waals surface area contributed by atoms with Crippen LogP contribution < -0.4 is 4.90 Å². The highest BCUT2D eigenvalue weighted by Gasteiger charge is 2.19. The van der Waals surface area contributed by atoms with Gasteiger partial charge < -0.3 is 4.90 Å². The molecule has 2 rings (SSSR count). The number of rotatable bonds is 2. The van der Waals surface area contributed by atoms with Gasteiger partial charge in [-0.15, -0.1) is 5.10 Å². The van der Waals surface area contributed by atoms with Crippen LogP contribution in [0, 0.1) is 12.8 Å². The van der Waals surface area contributed by atoms with Crippen LogP contribution in [-0.4, -0.2) is 28.6 Å². The molecule has 0 aliphatic carbocycles. The zero-order valence-electron chi connectivity index (χ0n) is 8.99. The van der Waals surface area contributed by atoms with Crippen LogP contribution in [0.2, 0.25) is 0 Å². The van der Waals surface area contributed by atoms with Gasteiger partial charge in [-0.3, -0.25) is 0 Å². The lowest BCUT2D eigenvalue weighted by atomic mass is 9.99. The number of aryl methyl sites for hydroxylation is 1. The van der Waals surface area contributed by atoms with Crippen LogP contribution in [-0.2, 0) is 0 Å². The SMILES string of the molecule is Cc1cnnc(N2CCC(CBr)CC2)c1. The summed E-state index contributed by atoms with van der Waals surface area (Å²) in [6.45, 7) is 4.27. The van der Waals surface area contributed by atoms with Crippen molar-refractivity contribution in [2.75, 3.05) is 23.3 Å². The van der Waals surface area contributed by atoms with Crippen molar-refractivity contribution in [2.24, 2.45) is 5.92 Å². The molecule has 2 heterocycles. The molecule has 0 N–H and O–H groups in total. The van der Waals surface area contributed by atoms with E-state index in [0.717, 1.165) is 30.2 Å². The molecule has 1 aromatic heterocycles. The van der Waals surface area contributed by atoms with Gasteiger partial charge in [0, 0.05) is 18.4 Å². The van der Waals surface area contributed by atoms with E-state index in [-0.39, 0.29) is 0 Å². The van der Waals surface area contributed by atoms with Crippen LogP contribution in [0.3, 0.4) is 0 Å². The fourth-order valence-corrected chi connectivity index (χ4v) is 2.57. The minimum atomic E-state index is 0.832. The summed E-state index contributed by atoms with van der Waals surface area (Å²) in [5.41, 5.74) is 1.18. The molecule has 0 aromatic carbocycles. The Labute approximate surface area is 99.0 Å². The molecule has 4 heteroatoms. The third-order valence-corrected chi connectivity index (χ3v) is 3.85. The fourth-order valence-electron chi connectivity index (χ4n) is 1.92. The Balaban J connectivity index is 2.01. The second kappa shape index (κ2) is 4.92. The molecular weight excluding hydrogens is 254 g/mol. The van der Waals surface area contributed by atoms with E-state index >= 15 is 0 Å². The molecule has 3 nitrogen and oxygen atoms in total. The molecule has 82 valence electrons. The molecule has 0 radical (unpaired) electrons. The van der Waals surface area contributed by atoms with Crippen LogP contribution in [0.5, 0.6) is 0 Å². The van der Waals surface area contributed by atoms with Crippen LogP contribution >= 0.6 is 15.9 Å². The summed E-state index contributed by atoms with van der Waals surface area (Å²) in [5.74, 6) is 1.86. The van der Waals surface area contributed by atoms with Crippen LogP contribution in [0.25, 0.3) is 0 Å². The van der Waals surface area contributed by atoms with Crippen molar-refractivity contribution < 1.29 is 0 Å². The molecular formula is C11H16BrN3. The predicted octanol–water partition coefficient (Wildman–Crippen LogP) is 2.40. The van der Waals surface area contributed by atoms with Crippen LogP contribution in [0.15, 0.2) is 12.3 Å². The Hall–Kier alpha value is -0.640. The molecule has 0 atom stereocenters. The predicted molar refractivity (Wildman–Crippen MR) is 65.5 cm³/mol. The second-order valence-corrected chi connectivity index (χ2v) is 4.82. The molecule has 1 fully saturated rings. The average molecular weight is 270 g/mol. The van der Waals surface area contributed by atoms with E-state index in [4.69, 9.17) is 0 Å². The van der Waals surface area contributed by atoms with Gasteiger partial charge in [0.05, 0.1) is 6.20 Å². The zero-order valence-corrected chi connectivity index (χ0v) is 10.6. The summed E-state index contributed by atoms with van der Waals surface area (Å²) < 4.78 is 0. The van der Waals surface area contributed by atoms with E-state index < -0.39 is 0 Å². The Morgan fingerprint density at radius 2 is 2.20 bits per heavy atom. The van der Waals surface area contributed by atoms with Crippen molar-refractivity contribution in [3.8, 4) is 0 Å². The lowest BCUT2D eigenvalue weighted by Gasteiger charge is -2.31. The molecule has 1 aromatic rings. The largest absolute Gasteiger partial charge is 0.355 e. The van der Waals surface area contributed by atoms with Gasteiger partial charge in [0.1, 0.15) is 0 Å². The minimum Gasteiger partial charge on any atom is -0.355 e.